The molecule has 3 nitrogen and oxygen atoms in total. The summed E-state index contributed by atoms with van der Waals surface area (Å²) in [6, 6.07) is 4.26. The zero-order valence-corrected chi connectivity index (χ0v) is 9.34. The van der Waals surface area contributed by atoms with E-state index in [0.717, 1.165) is 6.07 Å². The fraction of sp³-hybridized carbons (Fsp3) is 0.273. The van der Waals surface area contributed by atoms with Crippen LogP contribution in [0.5, 0.6) is 0 Å². The topological polar surface area (TPSA) is 50.1 Å². The summed E-state index contributed by atoms with van der Waals surface area (Å²) < 4.78 is 17.9. The number of benzene rings is 1. The average Bonchev–Trinajstić information content (AvgIpc) is 2.23. The molecule has 16 heavy (non-hydrogen) atoms. The van der Waals surface area contributed by atoms with Gasteiger partial charge in [0.05, 0.1) is 23.6 Å². The Kier molecular flexibility index (Phi) is 4.27. The van der Waals surface area contributed by atoms with Gasteiger partial charge in [0.25, 0.3) is 0 Å². The van der Waals surface area contributed by atoms with Gasteiger partial charge < -0.3 is 4.74 Å². The van der Waals surface area contributed by atoms with Crippen LogP contribution in [0.2, 0.25) is 5.02 Å². The highest BCUT2D eigenvalue weighted by molar-refractivity contribution is 6.31. The molecule has 0 heterocycles. The molecule has 0 aliphatic heterocycles. The van der Waals surface area contributed by atoms with Crippen LogP contribution >= 0.6 is 11.6 Å². The minimum Gasteiger partial charge on any atom is -0.466 e. The summed E-state index contributed by atoms with van der Waals surface area (Å²) in [6.45, 7) is 1.95. The molecule has 0 atom stereocenters. The van der Waals surface area contributed by atoms with Crippen molar-refractivity contribution in [2.75, 3.05) is 6.61 Å². The largest absolute Gasteiger partial charge is 0.466 e. The van der Waals surface area contributed by atoms with E-state index in [4.69, 9.17) is 21.6 Å². The Hall–Kier alpha value is -1.60. The summed E-state index contributed by atoms with van der Waals surface area (Å²) in [6.07, 6.45) is -0.0728. The third-order valence-corrected chi connectivity index (χ3v) is 2.25. The number of nitriles is 1. The Morgan fingerprint density at radius 3 is 2.88 bits per heavy atom. The second-order valence-corrected chi connectivity index (χ2v) is 3.41. The fourth-order valence-electron chi connectivity index (χ4n) is 1.21. The van der Waals surface area contributed by atoms with Gasteiger partial charge in [0.1, 0.15) is 11.9 Å². The lowest BCUT2D eigenvalue weighted by atomic mass is 10.1. The molecule has 0 saturated carbocycles. The number of carbonyl (C=O) groups is 1. The number of carbonyl (C=O) groups excluding carboxylic acids is 1. The molecule has 0 amide bonds. The van der Waals surface area contributed by atoms with E-state index >= 15 is 0 Å². The fourth-order valence-corrected chi connectivity index (χ4v) is 1.36. The monoisotopic (exact) mass is 241 g/mol. The predicted octanol–water partition coefficient (Wildman–Crippen LogP) is 2.46. The van der Waals surface area contributed by atoms with Gasteiger partial charge in [-0.2, -0.15) is 5.26 Å². The molecule has 1 aromatic carbocycles. The average molecular weight is 242 g/mol. The molecular weight excluding hydrogens is 233 g/mol. The van der Waals surface area contributed by atoms with Gasteiger partial charge in [0.2, 0.25) is 0 Å². The number of hydrogen-bond donors (Lipinski definition) is 0. The van der Waals surface area contributed by atoms with Gasteiger partial charge in [-0.15, -0.1) is 0 Å². The van der Waals surface area contributed by atoms with Crippen LogP contribution in [0.15, 0.2) is 12.1 Å². The van der Waals surface area contributed by atoms with Crippen molar-refractivity contribution in [3.63, 3.8) is 0 Å². The number of ether oxygens (including phenoxy) is 1. The molecule has 0 aromatic heterocycles. The number of rotatable bonds is 3. The number of nitrogens with zero attached hydrogens (tertiary/aromatic N) is 1. The van der Waals surface area contributed by atoms with E-state index in [9.17, 15) is 9.18 Å². The molecule has 1 rings (SSSR count). The predicted molar refractivity (Wildman–Crippen MR) is 56.5 cm³/mol. The van der Waals surface area contributed by atoms with Gasteiger partial charge in [-0.3, -0.25) is 4.79 Å². The van der Waals surface area contributed by atoms with Crippen LogP contribution in [0.1, 0.15) is 18.1 Å². The van der Waals surface area contributed by atoms with Crippen LogP contribution < -0.4 is 0 Å². The lowest BCUT2D eigenvalue weighted by Crippen LogP contribution is -2.08. The maximum Gasteiger partial charge on any atom is 0.310 e. The van der Waals surface area contributed by atoms with E-state index < -0.39 is 11.8 Å². The molecule has 0 spiro atoms. The summed E-state index contributed by atoms with van der Waals surface area (Å²) in [7, 11) is 0. The highest BCUT2D eigenvalue weighted by atomic mass is 35.5. The van der Waals surface area contributed by atoms with Crippen molar-refractivity contribution >= 4 is 17.6 Å². The first-order valence-corrected chi connectivity index (χ1v) is 5.00. The van der Waals surface area contributed by atoms with Crippen LogP contribution in [0, 0.1) is 17.1 Å². The van der Waals surface area contributed by atoms with Gasteiger partial charge in [-0.1, -0.05) is 11.6 Å². The normalized spacial score (nSPS) is 9.62. The van der Waals surface area contributed by atoms with Crippen molar-refractivity contribution in [1.29, 1.82) is 5.26 Å². The van der Waals surface area contributed by atoms with Crippen molar-refractivity contribution < 1.29 is 13.9 Å². The molecule has 0 fully saturated rings. The molecule has 0 radical (unpaired) electrons. The lowest BCUT2D eigenvalue weighted by molar-refractivity contribution is -0.142. The summed E-state index contributed by atoms with van der Waals surface area (Å²) in [5.74, 6) is -1.17. The van der Waals surface area contributed by atoms with E-state index in [1.807, 2.05) is 0 Å². The summed E-state index contributed by atoms with van der Waals surface area (Å²) in [4.78, 5) is 11.1. The molecular formula is C11H9ClFNO2. The third kappa shape index (κ3) is 2.94. The molecule has 84 valence electrons. The Bertz CT molecular complexity index is 454. The van der Waals surface area contributed by atoms with Crippen molar-refractivity contribution in [2.45, 2.75) is 13.3 Å². The van der Waals surface area contributed by atoms with Gasteiger partial charge in [0, 0.05) is 0 Å². The minimum atomic E-state index is -0.708. The van der Waals surface area contributed by atoms with Gasteiger partial charge in [0.15, 0.2) is 0 Å². The van der Waals surface area contributed by atoms with Crippen LogP contribution in [0.3, 0.4) is 0 Å². The molecule has 1 aromatic rings. The zero-order valence-electron chi connectivity index (χ0n) is 8.59. The van der Waals surface area contributed by atoms with Crippen LogP contribution in [-0.2, 0) is 16.0 Å². The Morgan fingerprint density at radius 1 is 1.62 bits per heavy atom. The zero-order chi connectivity index (χ0) is 12.1. The molecule has 0 saturated heterocycles. The number of hydrogen-bond acceptors (Lipinski definition) is 3. The van der Waals surface area contributed by atoms with Gasteiger partial charge in [-0.05, 0) is 24.6 Å². The van der Waals surface area contributed by atoms with E-state index in [1.54, 1.807) is 13.0 Å². The lowest BCUT2D eigenvalue weighted by Gasteiger charge is -2.04. The minimum absolute atomic E-state index is 0.0148. The Morgan fingerprint density at radius 2 is 2.31 bits per heavy atom. The van der Waals surface area contributed by atoms with E-state index in [1.165, 1.54) is 6.07 Å². The molecule has 5 heteroatoms. The maximum atomic E-state index is 13.2. The van der Waals surface area contributed by atoms with Crippen molar-refractivity contribution in [3.05, 3.63) is 34.1 Å². The first-order chi connectivity index (χ1) is 7.58. The molecule has 0 unspecified atom stereocenters. The van der Waals surface area contributed by atoms with Crippen LogP contribution in [0.25, 0.3) is 0 Å². The second kappa shape index (κ2) is 5.47. The SMILES string of the molecule is CCOC(=O)Cc1cc(F)c(Cl)c(C#N)c1. The Labute approximate surface area is 97.4 Å². The van der Waals surface area contributed by atoms with E-state index in [-0.39, 0.29) is 23.6 Å². The highest BCUT2D eigenvalue weighted by Gasteiger charge is 2.11. The molecule has 0 bridgehead atoms. The molecule has 0 aliphatic carbocycles. The first kappa shape index (κ1) is 12.5. The van der Waals surface area contributed by atoms with Crippen molar-refractivity contribution in [2.24, 2.45) is 0 Å². The quantitative estimate of drug-likeness (QED) is 0.764. The van der Waals surface area contributed by atoms with Crippen LogP contribution in [-0.4, -0.2) is 12.6 Å². The van der Waals surface area contributed by atoms with Crippen LogP contribution in [0.4, 0.5) is 4.39 Å². The van der Waals surface area contributed by atoms with Gasteiger partial charge >= 0.3 is 5.97 Å². The molecule has 0 aliphatic rings. The standard InChI is InChI=1S/C11H9ClFNO2/c1-2-16-10(15)5-7-3-8(6-14)11(12)9(13)4-7/h3-4H,2,5H2,1H3. The first-order valence-electron chi connectivity index (χ1n) is 4.62. The smallest absolute Gasteiger partial charge is 0.310 e. The number of esters is 1. The van der Waals surface area contributed by atoms with E-state index in [0.29, 0.717) is 5.56 Å². The third-order valence-electron chi connectivity index (χ3n) is 1.86. The second-order valence-electron chi connectivity index (χ2n) is 3.03. The van der Waals surface area contributed by atoms with Gasteiger partial charge in [-0.25, -0.2) is 4.39 Å². The maximum absolute atomic E-state index is 13.2. The van der Waals surface area contributed by atoms with E-state index in [2.05, 4.69) is 0 Å². The Balaban J connectivity index is 2.95. The number of halogens is 2. The highest BCUT2D eigenvalue weighted by Crippen LogP contribution is 2.21. The van der Waals surface area contributed by atoms with Crippen molar-refractivity contribution in [3.8, 4) is 6.07 Å². The summed E-state index contributed by atoms with van der Waals surface area (Å²) >= 11 is 5.55. The summed E-state index contributed by atoms with van der Waals surface area (Å²) in [5, 5.41) is 8.46. The summed E-state index contributed by atoms with van der Waals surface area (Å²) in [5.41, 5.74) is 0.387. The molecule has 0 N–H and O–H groups in total. The van der Waals surface area contributed by atoms with Crippen molar-refractivity contribution in [1.82, 2.24) is 0 Å².